The fourth-order valence-electron chi connectivity index (χ4n) is 1.78. The molecule has 17 heavy (non-hydrogen) atoms. The number of hydrogen-bond donors (Lipinski definition) is 3. The van der Waals surface area contributed by atoms with Gasteiger partial charge >= 0.3 is 0 Å². The molecule has 4 heteroatoms. The maximum absolute atomic E-state index is 11.8. The quantitative estimate of drug-likeness (QED) is 0.682. The fourth-order valence-corrected chi connectivity index (χ4v) is 1.78. The second-order valence-electron chi connectivity index (χ2n) is 4.02. The predicted octanol–water partition coefficient (Wildman–Crippen LogP) is 1.04. The van der Waals surface area contributed by atoms with Crippen LogP contribution in [0.4, 0.5) is 0 Å². The molecule has 1 heterocycles. The molecular formula is C13H16N2O2. The van der Waals surface area contributed by atoms with Crippen molar-refractivity contribution in [1.82, 2.24) is 10.6 Å². The number of hydrogen-bond acceptors (Lipinski definition) is 3. The van der Waals surface area contributed by atoms with Crippen LogP contribution in [0.25, 0.3) is 0 Å². The van der Waals surface area contributed by atoms with E-state index in [0.29, 0.717) is 12.1 Å². The Bertz CT molecular complexity index is 441. The van der Waals surface area contributed by atoms with Crippen LogP contribution < -0.4 is 10.6 Å². The zero-order valence-corrected chi connectivity index (χ0v) is 9.57. The summed E-state index contributed by atoms with van der Waals surface area (Å²) in [6, 6.07) is 6.56. The first-order valence-corrected chi connectivity index (χ1v) is 5.72. The van der Waals surface area contributed by atoms with E-state index in [1.807, 2.05) is 0 Å². The van der Waals surface area contributed by atoms with Gasteiger partial charge in [0.2, 0.25) is 0 Å². The minimum atomic E-state index is -0.234. The van der Waals surface area contributed by atoms with Crippen molar-refractivity contribution in [2.75, 3.05) is 19.6 Å². The molecule has 0 fully saturated rings. The molecule has 2 rings (SSSR count). The number of amides is 1. The van der Waals surface area contributed by atoms with E-state index in [-0.39, 0.29) is 11.7 Å². The molecule has 4 nitrogen and oxygen atoms in total. The fraction of sp³-hybridized carbons (Fsp3) is 0.308. The van der Waals surface area contributed by atoms with E-state index in [1.165, 1.54) is 11.6 Å². The van der Waals surface area contributed by atoms with E-state index in [1.54, 1.807) is 18.2 Å². The number of para-hydroxylation sites is 1. The Morgan fingerprint density at radius 1 is 1.41 bits per heavy atom. The lowest BCUT2D eigenvalue weighted by Gasteiger charge is -2.14. The number of benzene rings is 1. The van der Waals surface area contributed by atoms with Gasteiger partial charge in [0.15, 0.2) is 0 Å². The summed E-state index contributed by atoms with van der Waals surface area (Å²) in [5, 5.41) is 15.6. The molecule has 1 aromatic rings. The van der Waals surface area contributed by atoms with Crippen molar-refractivity contribution < 1.29 is 9.90 Å². The Morgan fingerprint density at radius 2 is 2.24 bits per heavy atom. The van der Waals surface area contributed by atoms with Crippen LogP contribution >= 0.6 is 0 Å². The van der Waals surface area contributed by atoms with E-state index >= 15 is 0 Å². The summed E-state index contributed by atoms with van der Waals surface area (Å²) in [5.74, 6) is -0.216. The molecule has 1 aliphatic heterocycles. The highest BCUT2D eigenvalue weighted by Crippen LogP contribution is 2.15. The minimum Gasteiger partial charge on any atom is -0.507 e. The van der Waals surface area contributed by atoms with Gasteiger partial charge in [0.1, 0.15) is 5.75 Å². The summed E-state index contributed by atoms with van der Waals surface area (Å²) >= 11 is 0. The molecule has 3 N–H and O–H groups in total. The number of aromatic hydroxyl groups is 1. The molecule has 0 saturated carbocycles. The van der Waals surface area contributed by atoms with Crippen molar-refractivity contribution >= 4 is 5.91 Å². The average molecular weight is 232 g/mol. The molecule has 1 amide bonds. The van der Waals surface area contributed by atoms with Gasteiger partial charge in [-0.3, -0.25) is 4.79 Å². The van der Waals surface area contributed by atoms with Crippen LogP contribution in [0.3, 0.4) is 0 Å². The van der Waals surface area contributed by atoms with E-state index in [9.17, 15) is 9.90 Å². The first-order valence-electron chi connectivity index (χ1n) is 5.72. The Hall–Kier alpha value is -1.81. The summed E-state index contributed by atoms with van der Waals surface area (Å²) in [6.45, 7) is 2.37. The summed E-state index contributed by atoms with van der Waals surface area (Å²) in [6.07, 6.45) is 3.05. The van der Waals surface area contributed by atoms with Gasteiger partial charge in [-0.25, -0.2) is 0 Å². The van der Waals surface area contributed by atoms with Crippen molar-refractivity contribution in [3.8, 4) is 5.75 Å². The minimum absolute atomic E-state index is 0.0179. The number of phenols is 1. The van der Waals surface area contributed by atoms with Gasteiger partial charge < -0.3 is 15.7 Å². The van der Waals surface area contributed by atoms with Crippen LogP contribution in [-0.2, 0) is 0 Å². The van der Waals surface area contributed by atoms with Gasteiger partial charge in [0, 0.05) is 13.1 Å². The third-order valence-corrected chi connectivity index (χ3v) is 2.78. The van der Waals surface area contributed by atoms with E-state index in [0.717, 1.165) is 19.5 Å². The molecule has 1 aromatic carbocycles. The predicted molar refractivity (Wildman–Crippen MR) is 66.0 cm³/mol. The van der Waals surface area contributed by atoms with Crippen LogP contribution in [0.1, 0.15) is 16.8 Å². The number of nitrogens with one attached hydrogen (secondary N) is 2. The highest BCUT2D eigenvalue weighted by molar-refractivity contribution is 5.96. The highest BCUT2D eigenvalue weighted by Gasteiger charge is 2.10. The monoisotopic (exact) mass is 232 g/mol. The van der Waals surface area contributed by atoms with Crippen LogP contribution in [0.2, 0.25) is 0 Å². The molecule has 0 saturated heterocycles. The third-order valence-electron chi connectivity index (χ3n) is 2.78. The average Bonchev–Trinajstić information content (AvgIpc) is 2.38. The Kier molecular flexibility index (Phi) is 3.77. The molecule has 90 valence electrons. The van der Waals surface area contributed by atoms with Gasteiger partial charge in [-0.1, -0.05) is 23.8 Å². The topological polar surface area (TPSA) is 61.4 Å². The van der Waals surface area contributed by atoms with Crippen molar-refractivity contribution in [1.29, 1.82) is 0 Å². The molecule has 1 aliphatic rings. The summed E-state index contributed by atoms with van der Waals surface area (Å²) in [4.78, 5) is 11.8. The number of phenolic OH excluding ortho intramolecular Hbond substituents is 1. The molecule has 0 unspecified atom stereocenters. The SMILES string of the molecule is O=C(NCC1=CCNCC1)c1ccccc1O. The summed E-state index contributed by atoms with van der Waals surface area (Å²) in [5.41, 5.74) is 1.55. The van der Waals surface area contributed by atoms with Crippen LogP contribution in [-0.4, -0.2) is 30.6 Å². The lowest BCUT2D eigenvalue weighted by Crippen LogP contribution is -2.29. The zero-order chi connectivity index (χ0) is 12.1. The smallest absolute Gasteiger partial charge is 0.255 e. The Balaban J connectivity index is 1.93. The largest absolute Gasteiger partial charge is 0.507 e. The summed E-state index contributed by atoms with van der Waals surface area (Å²) < 4.78 is 0. The van der Waals surface area contributed by atoms with Crippen molar-refractivity contribution in [3.05, 3.63) is 41.5 Å². The Labute approximate surface area is 100 Å². The second-order valence-corrected chi connectivity index (χ2v) is 4.02. The van der Waals surface area contributed by atoms with Gasteiger partial charge in [-0.2, -0.15) is 0 Å². The lowest BCUT2D eigenvalue weighted by molar-refractivity contribution is 0.0954. The molecule has 0 aromatic heterocycles. The molecule has 0 aliphatic carbocycles. The van der Waals surface area contributed by atoms with Gasteiger partial charge in [0.25, 0.3) is 5.91 Å². The number of carbonyl (C=O) groups is 1. The van der Waals surface area contributed by atoms with Crippen LogP contribution in [0.15, 0.2) is 35.9 Å². The molecule has 0 atom stereocenters. The van der Waals surface area contributed by atoms with Crippen molar-refractivity contribution in [2.45, 2.75) is 6.42 Å². The molecule has 0 radical (unpaired) electrons. The van der Waals surface area contributed by atoms with E-state index < -0.39 is 0 Å². The Morgan fingerprint density at radius 3 is 2.94 bits per heavy atom. The first kappa shape index (κ1) is 11.7. The van der Waals surface area contributed by atoms with Gasteiger partial charge in [-0.15, -0.1) is 0 Å². The standard InChI is InChI=1S/C13H16N2O2/c16-12-4-2-1-3-11(12)13(17)15-9-10-5-7-14-8-6-10/h1-5,14,16H,6-9H2,(H,15,17). The normalized spacial score (nSPS) is 15.2. The maximum atomic E-state index is 11.8. The van der Waals surface area contributed by atoms with Gasteiger partial charge in [0.05, 0.1) is 5.56 Å². The van der Waals surface area contributed by atoms with Crippen LogP contribution in [0.5, 0.6) is 5.75 Å². The maximum Gasteiger partial charge on any atom is 0.255 e. The van der Waals surface area contributed by atoms with E-state index in [4.69, 9.17) is 0 Å². The van der Waals surface area contributed by atoms with Gasteiger partial charge in [-0.05, 0) is 25.1 Å². The number of rotatable bonds is 3. The molecular weight excluding hydrogens is 216 g/mol. The van der Waals surface area contributed by atoms with E-state index in [2.05, 4.69) is 16.7 Å². The summed E-state index contributed by atoms with van der Waals surface area (Å²) in [7, 11) is 0. The first-order chi connectivity index (χ1) is 8.27. The van der Waals surface area contributed by atoms with Crippen molar-refractivity contribution in [3.63, 3.8) is 0 Å². The second kappa shape index (κ2) is 5.50. The lowest BCUT2D eigenvalue weighted by atomic mass is 10.1. The molecule has 0 spiro atoms. The third kappa shape index (κ3) is 3.07. The van der Waals surface area contributed by atoms with Crippen LogP contribution in [0, 0.1) is 0 Å². The number of carbonyl (C=O) groups excluding carboxylic acids is 1. The highest BCUT2D eigenvalue weighted by atomic mass is 16.3. The van der Waals surface area contributed by atoms with Crippen molar-refractivity contribution in [2.24, 2.45) is 0 Å². The zero-order valence-electron chi connectivity index (χ0n) is 9.57. The molecule has 0 bridgehead atoms.